The zero-order chi connectivity index (χ0) is 23.6. The van der Waals surface area contributed by atoms with Crippen molar-refractivity contribution in [3.8, 4) is 10.9 Å². The molecule has 1 heterocycles. The Hall–Kier alpha value is -2.44. The highest BCUT2D eigenvalue weighted by atomic mass is 32.1. The SMILES string of the molecule is CCOC(=O)CCCCCCCN(CCc1ccc(Oc2nc3ccccc3s2)cc1)C1CC1. The maximum absolute atomic E-state index is 11.4. The molecule has 0 amide bonds. The molecule has 1 aliphatic rings. The Kier molecular flexibility index (Phi) is 9.34. The van der Waals surface area contributed by atoms with Crippen LogP contribution >= 0.6 is 11.3 Å². The van der Waals surface area contributed by atoms with Gasteiger partial charge in [0.2, 0.25) is 0 Å². The molecule has 0 saturated heterocycles. The molecule has 6 heteroatoms. The molecule has 182 valence electrons. The van der Waals surface area contributed by atoms with Crippen molar-refractivity contribution in [2.24, 2.45) is 0 Å². The summed E-state index contributed by atoms with van der Waals surface area (Å²) in [6, 6.07) is 17.4. The topological polar surface area (TPSA) is 51.7 Å². The van der Waals surface area contributed by atoms with Crippen LogP contribution < -0.4 is 4.74 Å². The fourth-order valence-electron chi connectivity index (χ4n) is 4.26. The Balaban J connectivity index is 1.15. The van der Waals surface area contributed by atoms with Gasteiger partial charge in [0.15, 0.2) is 0 Å². The van der Waals surface area contributed by atoms with Gasteiger partial charge < -0.3 is 14.4 Å². The van der Waals surface area contributed by atoms with Crippen molar-refractivity contribution in [1.82, 2.24) is 9.88 Å². The van der Waals surface area contributed by atoms with E-state index in [2.05, 4.69) is 40.2 Å². The Labute approximate surface area is 207 Å². The van der Waals surface area contributed by atoms with Crippen molar-refractivity contribution in [2.45, 2.75) is 70.8 Å². The second kappa shape index (κ2) is 12.9. The summed E-state index contributed by atoms with van der Waals surface area (Å²) in [4.78, 5) is 18.6. The first-order valence-corrected chi connectivity index (χ1v) is 13.5. The Bertz CT molecular complexity index is 997. The van der Waals surface area contributed by atoms with Gasteiger partial charge >= 0.3 is 5.97 Å². The molecule has 5 nitrogen and oxygen atoms in total. The molecule has 1 aromatic heterocycles. The molecule has 3 aromatic rings. The molecule has 1 aliphatic carbocycles. The molecule has 0 aliphatic heterocycles. The van der Waals surface area contributed by atoms with Gasteiger partial charge in [-0.15, -0.1) is 0 Å². The number of hydrogen-bond donors (Lipinski definition) is 0. The van der Waals surface area contributed by atoms with E-state index in [9.17, 15) is 4.79 Å². The summed E-state index contributed by atoms with van der Waals surface area (Å²) < 4.78 is 12.1. The third-order valence-corrected chi connectivity index (χ3v) is 7.20. The van der Waals surface area contributed by atoms with Crippen molar-refractivity contribution in [2.75, 3.05) is 19.7 Å². The number of hydrogen-bond acceptors (Lipinski definition) is 6. The Morgan fingerprint density at radius 2 is 1.76 bits per heavy atom. The lowest BCUT2D eigenvalue weighted by Crippen LogP contribution is -2.29. The fourth-order valence-corrected chi connectivity index (χ4v) is 5.09. The maximum atomic E-state index is 11.4. The van der Waals surface area contributed by atoms with Crippen LogP contribution in [0, 0.1) is 0 Å². The monoisotopic (exact) mass is 480 g/mol. The molecule has 0 spiro atoms. The van der Waals surface area contributed by atoms with E-state index in [-0.39, 0.29) is 5.97 Å². The van der Waals surface area contributed by atoms with E-state index in [1.165, 1.54) is 44.2 Å². The van der Waals surface area contributed by atoms with Crippen LogP contribution in [0.4, 0.5) is 0 Å². The number of benzene rings is 2. The summed E-state index contributed by atoms with van der Waals surface area (Å²) in [6.07, 6.45) is 10.1. The summed E-state index contributed by atoms with van der Waals surface area (Å²) in [5, 5.41) is 0.690. The van der Waals surface area contributed by atoms with Gasteiger partial charge in [-0.25, -0.2) is 4.98 Å². The number of carbonyl (C=O) groups is 1. The number of nitrogens with zero attached hydrogens (tertiary/aromatic N) is 2. The molecular weight excluding hydrogens is 444 g/mol. The fraction of sp³-hybridized carbons (Fsp3) is 0.500. The number of rotatable bonds is 15. The number of esters is 1. The van der Waals surface area contributed by atoms with E-state index in [0.717, 1.165) is 47.8 Å². The van der Waals surface area contributed by atoms with Crippen molar-refractivity contribution in [3.05, 3.63) is 54.1 Å². The second-order valence-electron chi connectivity index (χ2n) is 9.03. The third-order valence-electron chi connectivity index (χ3n) is 6.29. The summed E-state index contributed by atoms with van der Waals surface area (Å²) in [7, 11) is 0. The van der Waals surface area contributed by atoms with Gasteiger partial charge in [0, 0.05) is 19.0 Å². The van der Waals surface area contributed by atoms with Crippen LogP contribution in [0.5, 0.6) is 10.9 Å². The lowest BCUT2D eigenvalue weighted by Gasteiger charge is -2.22. The minimum absolute atomic E-state index is 0.0567. The van der Waals surface area contributed by atoms with Crippen LogP contribution in [0.2, 0.25) is 0 Å². The van der Waals surface area contributed by atoms with Crippen LogP contribution in [0.15, 0.2) is 48.5 Å². The highest BCUT2D eigenvalue weighted by Crippen LogP contribution is 2.31. The minimum atomic E-state index is -0.0567. The van der Waals surface area contributed by atoms with Crippen LogP contribution in [0.1, 0.15) is 63.9 Å². The lowest BCUT2D eigenvalue weighted by molar-refractivity contribution is -0.143. The van der Waals surface area contributed by atoms with Crippen molar-refractivity contribution in [3.63, 3.8) is 0 Å². The van der Waals surface area contributed by atoms with E-state index < -0.39 is 0 Å². The quantitative estimate of drug-likeness (QED) is 0.173. The number of fused-ring (bicyclic) bond motifs is 1. The van der Waals surface area contributed by atoms with Crippen LogP contribution in [0.25, 0.3) is 10.2 Å². The number of carbonyl (C=O) groups excluding carboxylic acids is 1. The number of ether oxygens (including phenoxy) is 2. The van der Waals surface area contributed by atoms with Gasteiger partial charge in [0.05, 0.1) is 16.8 Å². The second-order valence-corrected chi connectivity index (χ2v) is 10.0. The molecule has 1 saturated carbocycles. The molecule has 0 bridgehead atoms. The molecular formula is C28H36N2O3S. The Morgan fingerprint density at radius 3 is 2.53 bits per heavy atom. The van der Waals surface area contributed by atoms with E-state index >= 15 is 0 Å². The Morgan fingerprint density at radius 1 is 1.00 bits per heavy atom. The summed E-state index contributed by atoms with van der Waals surface area (Å²) >= 11 is 1.58. The first-order valence-electron chi connectivity index (χ1n) is 12.7. The summed E-state index contributed by atoms with van der Waals surface area (Å²) in [6.45, 7) is 4.64. The van der Waals surface area contributed by atoms with E-state index in [4.69, 9.17) is 9.47 Å². The number of unbranched alkanes of at least 4 members (excludes halogenated alkanes) is 4. The predicted molar refractivity (Wildman–Crippen MR) is 139 cm³/mol. The number of thiazole rings is 1. The van der Waals surface area contributed by atoms with Gasteiger partial charge in [-0.05, 0) is 75.4 Å². The van der Waals surface area contributed by atoms with Crippen molar-refractivity contribution < 1.29 is 14.3 Å². The zero-order valence-electron chi connectivity index (χ0n) is 20.2. The molecule has 0 atom stereocenters. The van der Waals surface area contributed by atoms with Crippen LogP contribution in [-0.4, -0.2) is 41.6 Å². The minimum Gasteiger partial charge on any atom is -0.466 e. The molecule has 0 unspecified atom stereocenters. The van der Waals surface area contributed by atoms with Crippen molar-refractivity contribution >= 4 is 27.5 Å². The third kappa shape index (κ3) is 7.81. The standard InChI is InChI=1S/C28H36N2O3S/c1-2-32-27(31)12-6-4-3-5-9-20-30(23-15-16-23)21-19-22-13-17-24(18-14-22)33-28-29-25-10-7-8-11-26(25)34-28/h7-8,10-11,13-14,17-18,23H,2-6,9,12,15-16,19-21H2,1H3. The normalized spacial score (nSPS) is 13.5. The van der Waals surface area contributed by atoms with E-state index in [1.54, 1.807) is 11.3 Å². The molecule has 1 fully saturated rings. The lowest BCUT2D eigenvalue weighted by atomic mass is 10.1. The largest absolute Gasteiger partial charge is 0.466 e. The van der Waals surface area contributed by atoms with Crippen LogP contribution in [-0.2, 0) is 16.0 Å². The van der Waals surface area contributed by atoms with Gasteiger partial charge in [-0.3, -0.25) is 4.79 Å². The average molecular weight is 481 g/mol. The van der Waals surface area contributed by atoms with Gasteiger partial charge in [-0.2, -0.15) is 0 Å². The number of aromatic nitrogens is 1. The zero-order valence-corrected chi connectivity index (χ0v) is 21.0. The van der Waals surface area contributed by atoms with Crippen molar-refractivity contribution in [1.29, 1.82) is 0 Å². The van der Waals surface area contributed by atoms with Gasteiger partial charge in [0.1, 0.15) is 5.75 Å². The smallest absolute Gasteiger partial charge is 0.305 e. The molecule has 4 rings (SSSR count). The number of para-hydroxylation sites is 1. The first kappa shape index (κ1) is 24.7. The molecule has 0 N–H and O–H groups in total. The summed E-state index contributed by atoms with van der Waals surface area (Å²) in [5.74, 6) is 0.781. The van der Waals surface area contributed by atoms with Gasteiger partial charge in [0.25, 0.3) is 5.19 Å². The highest BCUT2D eigenvalue weighted by molar-refractivity contribution is 7.20. The highest BCUT2D eigenvalue weighted by Gasteiger charge is 2.28. The average Bonchev–Trinajstić information content (AvgIpc) is 3.60. The van der Waals surface area contributed by atoms with E-state index in [0.29, 0.717) is 18.2 Å². The molecule has 2 aromatic carbocycles. The van der Waals surface area contributed by atoms with E-state index in [1.807, 2.05) is 25.1 Å². The predicted octanol–water partition coefficient (Wildman–Crippen LogP) is 7.00. The van der Waals surface area contributed by atoms with Gasteiger partial charge in [-0.1, -0.05) is 54.9 Å². The first-order chi connectivity index (χ1) is 16.7. The molecule has 0 radical (unpaired) electrons. The summed E-state index contributed by atoms with van der Waals surface area (Å²) in [5.41, 5.74) is 2.33. The maximum Gasteiger partial charge on any atom is 0.305 e. The molecule has 34 heavy (non-hydrogen) atoms. The van der Waals surface area contributed by atoms with Crippen LogP contribution in [0.3, 0.4) is 0 Å².